The van der Waals surface area contributed by atoms with Crippen LogP contribution in [0.25, 0.3) is 11.1 Å². The van der Waals surface area contributed by atoms with Crippen molar-refractivity contribution in [1.29, 1.82) is 0 Å². The predicted molar refractivity (Wildman–Crippen MR) is 133 cm³/mol. The third kappa shape index (κ3) is 5.66. The maximum absolute atomic E-state index is 12.7. The quantitative estimate of drug-likeness (QED) is 0.510. The summed E-state index contributed by atoms with van der Waals surface area (Å²) in [4.78, 5) is 37.0. The monoisotopic (exact) mass is 478 g/mol. The standard InChI is InChI=1S/C28H34N2O5/c1-17(2)25(15-26(31)29-24-14-8-7-13-22(24)27(32)33)30-28(34)35-16-23-20-11-5-3-9-18(20)19-10-4-6-12-21(19)23/h3-6,9-12,17,22-25H,7-8,13-16H2,1-2H3,(H,29,31)(H,30,34)(H,32,33)/t22-,24+,25+/m1/s1. The van der Waals surface area contributed by atoms with Gasteiger partial charge in [-0.1, -0.05) is 75.2 Å². The Morgan fingerprint density at radius 2 is 1.57 bits per heavy atom. The molecule has 0 unspecified atom stereocenters. The Hall–Kier alpha value is -3.35. The number of carboxylic acids is 1. The fourth-order valence-corrected chi connectivity index (χ4v) is 5.31. The van der Waals surface area contributed by atoms with E-state index < -0.39 is 24.0 Å². The zero-order valence-electron chi connectivity index (χ0n) is 20.3. The molecule has 2 aromatic rings. The summed E-state index contributed by atoms with van der Waals surface area (Å²) in [6, 6.07) is 15.5. The average Bonchev–Trinajstić information content (AvgIpc) is 3.16. The zero-order valence-corrected chi connectivity index (χ0v) is 20.3. The molecule has 0 saturated heterocycles. The van der Waals surface area contributed by atoms with Crippen molar-refractivity contribution in [3.8, 4) is 11.1 Å². The van der Waals surface area contributed by atoms with Crippen molar-refractivity contribution in [2.24, 2.45) is 11.8 Å². The summed E-state index contributed by atoms with van der Waals surface area (Å²) in [5, 5.41) is 15.2. The first-order chi connectivity index (χ1) is 16.8. The van der Waals surface area contributed by atoms with E-state index in [4.69, 9.17) is 4.74 Å². The number of alkyl carbamates (subject to hydrolysis) is 1. The Labute approximate surface area is 206 Å². The first-order valence-corrected chi connectivity index (χ1v) is 12.5. The van der Waals surface area contributed by atoms with Gasteiger partial charge in [-0.25, -0.2) is 4.79 Å². The predicted octanol–water partition coefficient (Wildman–Crippen LogP) is 4.70. The van der Waals surface area contributed by atoms with E-state index in [1.165, 1.54) is 0 Å². The van der Waals surface area contributed by atoms with Crippen LogP contribution in [0.3, 0.4) is 0 Å². The van der Waals surface area contributed by atoms with Gasteiger partial charge >= 0.3 is 12.1 Å². The van der Waals surface area contributed by atoms with Crippen molar-refractivity contribution >= 4 is 18.0 Å². The molecule has 1 saturated carbocycles. The van der Waals surface area contributed by atoms with Gasteiger partial charge in [-0.15, -0.1) is 0 Å². The number of rotatable bonds is 8. The highest BCUT2D eigenvalue weighted by Gasteiger charge is 2.33. The number of hydrogen-bond acceptors (Lipinski definition) is 4. The van der Waals surface area contributed by atoms with E-state index in [9.17, 15) is 19.5 Å². The highest BCUT2D eigenvalue weighted by molar-refractivity contribution is 5.80. The molecule has 3 N–H and O–H groups in total. The second kappa shape index (κ2) is 10.9. The smallest absolute Gasteiger partial charge is 0.407 e. The number of nitrogens with one attached hydrogen (secondary N) is 2. The van der Waals surface area contributed by atoms with Crippen LogP contribution in [-0.4, -0.2) is 41.8 Å². The lowest BCUT2D eigenvalue weighted by Gasteiger charge is -2.30. The molecule has 0 heterocycles. The first-order valence-electron chi connectivity index (χ1n) is 12.5. The van der Waals surface area contributed by atoms with E-state index in [0.29, 0.717) is 12.8 Å². The molecular weight excluding hydrogens is 444 g/mol. The Kier molecular flexibility index (Phi) is 7.73. The Morgan fingerprint density at radius 1 is 0.971 bits per heavy atom. The zero-order chi connectivity index (χ0) is 24.9. The van der Waals surface area contributed by atoms with Crippen molar-refractivity contribution in [3.05, 3.63) is 59.7 Å². The molecule has 3 atom stereocenters. The van der Waals surface area contributed by atoms with E-state index in [1.54, 1.807) is 0 Å². The minimum atomic E-state index is -0.868. The Balaban J connectivity index is 1.34. The van der Waals surface area contributed by atoms with Gasteiger partial charge in [0.2, 0.25) is 5.91 Å². The summed E-state index contributed by atoms with van der Waals surface area (Å²) in [6.45, 7) is 4.07. The number of carbonyl (C=O) groups is 3. The lowest BCUT2D eigenvalue weighted by molar-refractivity contribution is -0.144. The molecule has 35 heavy (non-hydrogen) atoms. The van der Waals surface area contributed by atoms with E-state index in [0.717, 1.165) is 35.1 Å². The number of carboxylic acid groups (broad SMARTS) is 1. The van der Waals surface area contributed by atoms with E-state index in [-0.39, 0.29) is 36.8 Å². The van der Waals surface area contributed by atoms with Crippen molar-refractivity contribution in [1.82, 2.24) is 10.6 Å². The number of fused-ring (bicyclic) bond motifs is 3. The van der Waals surface area contributed by atoms with E-state index in [1.807, 2.05) is 38.1 Å². The summed E-state index contributed by atoms with van der Waals surface area (Å²) in [5.41, 5.74) is 4.61. The summed E-state index contributed by atoms with van der Waals surface area (Å²) < 4.78 is 5.64. The molecule has 186 valence electrons. The van der Waals surface area contributed by atoms with Gasteiger partial charge < -0.3 is 20.5 Å². The van der Waals surface area contributed by atoms with Gasteiger partial charge in [0.15, 0.2) is 0 Å². The number of amides is 2. The lowest BCUT2D eigenvalue weighted by Crippen LogP contribution is -2.48. The SMILES string of the molecule is CC(C)[C@H](CC(=O)N[C@H]1CCCC[C@H]1C(=O)O)NC(=O)OCC1c2ccccc2-c2ccccc21. The van der Waals surface area contributed by atoms with Gasteiger partial charge in [0.1, 0.15) is 6.61 Å². The topological polar surface area (TPSA) is 105 Å². The number of aliphatic carboxylic acids is 1. The normalized spacial score (nSPS) is 20.0. The van der Waals surface area contributed by atoms with Gasteiger partial charge in [-0.05, 0) is 41.0 Å². The second-order valence-electron chi connectivity index (χ2n) is 9.93. The average molecular weight is 479 g/mol. The van der Waals surface area contributed by atoms with Gasteiger partial charge in [-0.2, -0.15) is 0 Å². The molecule has 0 bridgehead atoms. The molecule has 2 amide bonds. The minimum absolute atomic E-state index is 0.00265. The molecular formula is C28H34N2O5. The molecule has 0 aromatic heterocycles. The summed E-state index contributed by atoms with van der Waals surface area (Å²) in [6.07, 6.45) is 2.52. The molecule has 0 aliphatic heterocycles. The van der Waals surface area contributed by atoms with Gasteiger partial charge in [0, 0.05) is 24.4 Å². The number of carbonyl (C=O) groups excluding carboxylic acids is 2. The summed E-state index contributed by atoms with van der Waals surface area (Å²) >= 11 is 0. The van der Waals surface area contributed by atoms with Crippen molar-refractivity contribution in [3.63, 3.8) is 0 Å². The molecule has 2 aromatic carbocycles. The van der Waals surface area contributed by atoms with Crippen LogP contribution < -0.4 is 10.6 Å². The fourth-order valence-electron chi connectivity index (χ4n) is 5.31. The maximum Gasteiger partial charge on any atom is 0.407 e. The Morgan fingerprint density at radius 3 is 2.17 bits per heavy atom. The lowest BCUT2D eigenvalue weighted by atomic mass is 9.84. The maximum atomic E-state index is 12.7. The molecule has 0 radical (unpaired) electrons. The van der Waals surface area contributed by atoms with Crippen LogP contribution in [0.2, 0.25) is 0 Å². The van der Waals surface area contributed by atoms with Crippen LogP contribution in [0, 0.1) is 11.8 Å². The van der Waals surface area contributed by atoms with Crippen LogP contribution in [0.1, 0.15) is 63.0 Å². The van der Waals surface area contributed by atoms with E-state index in [2.05, 4.69) is 34.9 Å². The molecule has 0 spiro atoms. The number of ether oxygens (including phenoxy) is 1. The largest absolute Gasteiger partial charge is 0.481 e. The molecule has 2 aliphatic rings. The van der Waals surface area contributed by atoms with Crippen LogP contribution >= 0.6 is 0 Å². The van der Waals surface area contributed by atoms with Crippen molar-refractivity contribution < 1.29 is 24.2 Å². The molecule has 7 heteroatoms. The highest BCUT2D eigenvalue weighted by atomic mass is 16.5. The third-order valence-corrected chi connectivity index (χ3v) is 7.29. The summed E-state index contributed by atoms with van der Waals surface area (Å²) in [5.74, 6) is -1.70. The van der Waals surface area contributed by atoms with Gasteiger partial charge in [-0.3, -0.25) is 9.59 Å². The van der Waals surface area contributed by atoms with Crippen LogP contribution in [-0.2, 0) is 14.3 Å². The van der Waals surface area contributed by atoms with Gasteiger partial charge in [0.25, 0.3) is 0 Å². The van der Waals surface area contributed by atoms with Crippen molar-refractivity contribution in [2.45, 2.75) is 64.0 Å². The third-order valence-electron chi connectivity index (χ3n) is 7.29. The molecule has 4 rings (SSSR count). The van der Waals surface area contributed by atoms with E-state index >= 15 is 0 Å². The first kappa shape index (κ1) is 24.8. The Bertz CT molecular complexity index is 1040. The van der Waals surface area contributed by atoms with Crippen LogP contribution in [0.15, 0.2) is 48.5 Å². The molecule has 7 nitrogen and oxygen atoms in total. The second-order valence-corrected chi connectivity index (χ2v) is 9.93. The number of benzene rings is 2. The highest BCUT2D eigenvalue weighted by Crippen LogP contribution is 2.44. The van der Waals surface area contributed by atoms with Gasteiger partial charge in [0.05, 0.1) is 5.92 Å². The van der Waals surface area contributed by atoms with Crippen LogP contribution in [0.5, 0.6) is 0 Å². The minimum Gasteiger partial charge on any atom is -0.481 e. The molecule has 2 aliphatic carbocycles. The fraction of sp³-hybridized carbons (Fsp3) is 0.464. The number of hydrogen-bond donors (Lipinski definition) is 3. The van der Waals surface area contributed by atoms with Crippen LogP contribution in [0.4, 0.5) is 4.79 Å². The van der Waals surface area contributed by atoms with Crippen molar-refractivity contribution in [2.75, 3.05) is 6.61 Å². The summed E-state index contributed by atoms with van der Waals surface area (Å²) in [7, 11) is 0. The molecule has 1 fully saturated rings.